The van der Waals surface area contributed by atoms with Crippen molar-refractivity contribution in [3.8, 4) is 17.1 Å². The first-order valence-electron chi connectivity index (χ1n) is 17.4. The summed E-state index contributed by atoms with van der Waals surface area (Å²) < 4.78 is 36.5. The maximum atomic E-state index is 14.6. The Hall–Kier alpha value is -4.58. The molecule has 4 aromatic rings. The van der Waals surface area contributed by atoms with Crippen LogP contribution in [0.1, 0.15) is 87.9 Å². The quantitative estimate of drug-likeness (QED) is 0.193. The van der Waals surface area contributed by atoms with E-state index in [9.17, 15) is 13.2 Å². The fourth-order valence-electron chi connectivity index (χ4n) is 6.42. The van der Waals surface area contributed by atoms with Crippen LogP contribution in [-0.2, 0) is 16.6 Å². The summed E-state index contributed by atoms with van der Waals surface area (Å²) in [6.07, 6.45) is 9.32. The molecule has 3 heterocycles. The van der Waals surface area contributed by atoms with Crippen molar-refractivity contribution in [3.63, 3.8) is 0 Å². The number of ether oxygens (including phenoxy) is 1. The van der Waals surface area contributed by atoms with Gasteiger partial charge in [-0.15, -0.1) is 0 Å². The Bertz CT molecular complexity index is 1970. The van der Waals surface area contributed by atoms with Gasteiger partial charge in [0.15, 0.2) is 0 Å². The van der Waals surface area contributed by atoms with E-state index >= 15 is 0 Å². The Morgan fingerprint density at radius 3 is 2.48 bits per heavy atom. The number of hydrogen-bond acceptors (Lipinski definition) is 9. The molecule has 1 N–H and O–H groups in total. The molecule has 11 nitrogen and oxygen atoms in total. The van der Waals surface area contributed by atoms with Crippen molar-refractivity contribution in [3.05, 3.63) is 83.3 Å². The molecule has 1 aliphatic carbocycles. The molecule has 4 bridgehead atoms. The molecule has 1 aliphatic heterocycles. The third-order valence-electron chi connectivity index (χ3n) is 10.3. The van der Waals surface area contributed by atoms with Gasteiger partial charge >= 0.3 is 0 Å². The number of sulfonamides is 1. The van der Waals surface area contributed by atoms with E-state index in [4.69, 9.17) is 9.72 Å². The summed E-state index contributed by atoms with van der Waals surface area (Å²) >= 11 is 0. The molecule has 1 fully saturated rings. The SMILES string of the molecule is CCC(C)(C)CCC1COc2cc(-c3c(C)cccc3C)nc(n2)NS(=O)(=O)c2cccc(c2)C(=O)N1Cc1cncc(N(C)C2CCC2)n1.[HH]. The van der Waals surface area contributed by atoms with Gasteiger partial charge in [-0.25, -0.2) is 23.1 Å². The lowest BCUT2D eigenvalue weighted by Gasteiger charge is -2.36. The van der Waals surface area contributed by atoms with E-state index in [1.54, 1.807) is 35.5 Å². The van der Waals surface area contributed by atoms with E-state index < -0.39 is 16.1 Å². The van der Waals surface area contributed by atoms with E-state index in [0.29, 0.717) is 23.9 Å². The highest BCUT2D eigenvalue weighted by Crippen LogP contribution is 2.33. The average Bonchev–Trinajstić information content (AvgIpc) is 3.06. The number of carbonyl (C=O) groups excluding carboxylic acids is 1. The third-order valence-corrected chi connectivity index (χ3v) is 11.6. The molecule has 266 valence electrons. The zero-order valence-corrected chi connectivity index (χ0v) is 30.6. The van der Waals surface area contributed by atoms with Crippen molar-refractivity contribution in [2.75, 3.05) is 23.3 Å². The number of anilines is 2. The maximum Gasteiger partial charge on any atom is 0.264 e. The standard InChI is InChI=1S/C38H47N7O4S.H2/c1-7-38(4,5)18-17-30-24-49-34-20-32(35-25(2)11-8-12-26(35)3)41-37(42-34)43-50(47,48)31-16-9-13-27(19-31)36(46)45(30)23-28-21-39-22-33(40-28)44(6)29-14-10-15-29;/h8-9,11-13,16,19-22,29-30H,7,10,14-15,17-18,23-24H2,1-6H3,(H,41,42,43);1H. The van der Waals surface area contributed by atoms with E-state index in [1.165, 1.54) is 18.6 Å². The van der Waals surface area contributed by atoms with Crippen LogP contribution in [0.4, 0.5) is 11.8 Å². The molecule has 1 saturated carbocycles. The average molecular weight is 700 g/mol. The van der Waals surface area contributed by atoms with Gasteiger partial charge in [0.1, 0.15) is 12.4 Å². The topological polar surface area (TPSA) is 131 Å². The number of hydrogen-bond donors (Lipinski definition) is 1. The van der Waals surface area contributed by atoms with Gasteiger partial charge in [0.25, 0.3) is 15.9 Å². The number of rotatable bonds is 9. The zero-order valence-electron chi connectivity index (χ0n) is 29.8. The number of fused-ring (bicyclic) bond motifs is 4. The number of aromatic nitrogens is 4. The highest BCUT2D eigenvalue weighted by atomic mass is 32.2. The predicted molar refractivity (Wildman–Crippen MR) is 197 cm³/mol. The number of amides is 1. The number of carbonyl (C=O) groups is 1. The molecule has 2 aromatic heterocycles. The minimum absolute atomic E-state index is 0. The second-order valence-electron chi connectivity index (χ2n) is 14.3. The zero-order chi connectivity index (χ0) is 35.6. The van der Waals surface area contributed by atoms with Crippen LogP contribution in [0.25, 0.3) is 11.3 Å². The normalized spacial score (nSPS) is 17.8. The van der Waals surface area contributed by atoms with Crippen molar-refractivity contribution in [1.82, 2.24) is 24.8 Å². The van der Waals surface area contributed by atoms with Crippen LogP contribution in [0.5, 0.6) is 5.88 Å². The van der Waals surface area contributed by atoms with E-state index in [-0.39, 0.29) is 48.2 Å². The summed E-state index contributed by atoms with van der Waals surface area (Å²) in [6.45, 7) is 10.9. The fourth-order valence-corrected chi connectivity index (χ4v) is 7.41. The van der Waals surface area contributed by atoms with Gasteiger partial charge in [-0.3, -0.25) is 9.78 Å². The summed E-state index contributed by atoms with van der Waals surface area (Å²) in [5, 5.41) is 0. The lowest BCUT2D eigenvalue weighted by molar-refractivity contribution is 0.0545. The molecule has 12 heteroatoms. The van der Waals surface area contributed by atoms with Gasteiger partial charge in [0, 0.05) is 31.7 Å². The third kappa shape index (κ3) is 7.75. The van der Waals surface area contributed by atoms with Gasteiger partial charge < -0.3 is 14.5 Å². The Morgan fingerprint density at radius 2 is 1.78 bits per heavy atom. The molecule has 2 aliphatic rings. The van der Waals surface area contributed by atoms with Crippen LogP contribution in [-0.4, -0.2) is 64.9 Å². The van der Waals surface area contributed by atoms with Gasteiger partial charge in [-0.1, -0.05) is 51.5 Å². The Morgan fingerprint density at radius 1 is 1.04 bits per heavy atom. The minimum atomic E-state index is -4.17. The number of aryl methyl sites for hydroxylation is 2. The molecule has 0 saturated heterocycles. The Labute approximate surface area is 297 Å². The largest absolute Gasteiger partial charge is 0.475 e. The molecular formula is C38H49N7O4S. The van der Waals surface area contributed by atoms with Gasteiger partial charge in [-0.2, -0.15) is 4.98 Å². The Balaban J connectivity index is 0.00000504. The second kappa shape index (κ2) is 14.3. The van der Waals surface area contributed by atoms with Gasteiger partial charge in [-0.05, 0) is 80.7 Å². The lowest BCUT2D eigenvalue weighted by atomic mass is 9.83. The molecule has 6 rings (SSSR count). The predicted octanol–water partition coefficient (Wildman–Crippen LogP) is 7.21. The van der Waals surface area contributed by atoms with Crippen molar-refractivity contribution >= 4 is 27.7 Å². The molecule has 0 radical (unpaired) electrons. The highest BCUT2D eigenvalue weighted by Gasteiger charge is 2.31. The summed E-state index contributed by atoms with van der Waals surface area (Å²) in [6, 6.07) is 13.8. The van der Waals surface area contributed by atoms with E-state index in [1.807, 2.05) is 39.1 Å². The summed E-state index contributed by atoms with van der Waals surface area (Å²) in [7, 11) is -2.14. The second-order valence-corrected chi connectivity index (χ2v) is 16.0. The molecule has 1 amide bonds. The van der Waals surface area contributed by atoms with Crippen LogP contribution in [0.2, 0.25) is 0 Å². The monoisotopic (exact) mass is 699 g/mol. The molecular weight excluding hydrogens is 651 g/mol. The highest BCUT2D eigenvalue weighted by molar-refractivity contribution is 7.92. The molecule has 1 atom stereocenters. The number of nitrogens with one attached hydrogen (secondary N) is 1. The van der Waals surface area contributed by atoms with Crippen LogP contribution in [0.3, 0.4) is 0 Å². The molecule has 50 heavy (non-hydrogen) atoms. The lowest BCUT2D eigenvalue weighted by Crippen LogP contribution is -2.44. The maximum absolute atomic E-state index is 14.6. The van der Waals surface area contributed by atoms with Crippen LogP contribution < -0.4 is 14.4 Å². The Kier molecular flexibility index (Phi) is 10.1. The smallest absolute Gasteiger partial charge is 0.264 e. The van der Waals surface area contributed by atoms with E-state index in [2.05, 4.69) is 45.3 Å². The molecule has 1 unspecified atom stereocenters. The van der Waals surface area contributed by atoms with E-state index in [0.717, 1.165) is 48.2 Å². The van der Waals surface area contributed by atoms with Crippen LogP contribution in [0, 0.1) is 19.3 Å². The van der Waals surface area contributed by atoms with Crippen molar-refractivity contribution < 1.29 is 19.4 Å². The van der Waals surface area contributed by atoms with Gasteiger partial charge in [0.2, 0.25) is 11.8 Å². The number of nitrogens with zero attached hydrogens (tertiary/aromatic N) is 6. The summed E-state index contributed by atoms with van der Waals surface area (Å²) in [5.74, 6) is 0.534. The first kappa shape index (κ1) is 35.3. The van der Waals surface area contributed by atoms with Crippen LogP contribution in [0.15, 0.2) is 65.8 Å². The van der Waals surface area contributed by atoms with Gasteiger partial charge in [0.05, 0.1) is 41.3 Å². The van der Waals surface area contributed by atoms with Crippen molar-refractivity contribution in [1.29, 1.82) is 0 Å². The summed E-state index contributed by atoms with van der Waals surface area (Å²) in [4.78, 5) is 37.0. The molecule has 2 aromatic carbocycles. The number of benzene rings is 2. The fraction of sp³-hybridized carbons (Fsp3) is 0.447. The minimum Gasteiger partial charge on any atom is -0.475 e. The molecule has 0 spiro atoms. The first-order valence-corrected chi connectivity index (χ1v) is 18.9. The summed E-state index contributed by atoms with van der Waals surface area (Å²) in [5.41, 5.74) is 4.27. The van der Waals surface area contributed by atoms with Crippen LogP contribution >= 0.6 is 0 Å². The van der Waals surface area contributed by atoms with Crippen molar-refractivity contribution in [2.24, 2.45) is 5.41 Å². The first-order chi connectivity index (χ1) is 23.8. The van der Waals surface area contributed by atoms with Crippen molar-refractivity contribution in [2.45, 2.75) is 96.7 Å².